The van der Waals surface area contributed by atoms with Crippen molar-refractivity contribution in [3.05, 3.63) is 35.6 Å². The van der Waals surface area contributed by atoms with Gasteiger partial charge in [-0.25, -0.2) is 4.39 Å². The molecule has 0 aliphatic carbocycles. The zero-order chi connectivity index (χ0) is 16.9. The predicted octanol–water partition coefficient (Wildman–Crippen LogP) is 1.10. The first-order valence-corrected chi connectivity index (χ1v) is 9.09. The molecule has 0 bridgehead atoms. The lowest BCUT2D eigenvalue weighted by Gasteiger charge is -2.25. The van der Waals surface area contributed by atoms with E-state index in [1.54, 1.807) is 19.1 Å². The van der Waals surface area contributed by atoms with E-state index in [1.807, 2.05) is 0 Å². The zero-order valence-corrected chi connectivity index (χ0v) is 14.0. The Hall–Kier alpha value is -1.51. The molecule has 1 N–H and O–H groups in total. The summed E-state index contributed by atoms with van der Waals surface area (Å²) < 4.78 is 40.3. The Morgan fingerprint density at radius 2 is 1.87 bits per heavy atom. The number of amides is 1. The minimum absolute atomic E-state index is 0.212. The fourth-order valence-electron chi connectivity index (χ4n) is 2.46. The highest BCUT2D eigenvalue weighted by molar-refractivity contribution is 7.86. The van der Waals surface area contributed by atoms with Crippen molar-refractivity contribution in [3.63, 3.8) is 0 Å². The van der Waals surface area contributed by atoms with E-state index in [1.165, 1.54) is 20.7 Å². The molecule has 1 aromatic rings. The largest absolute Gasteiger partial charge is 0.351 e. The van der Waals surface area contributed by atoms with Crippen LogP contribution in [-0.4, -0.2) is 49.1 Å². The summed E-state index contributed by atoms with van der Waals surface area (Å²) in [4.78, 5) is 12.0. The van der Waals surface area contributed by atoms with Crippen LogP contribution in [0.1, 0.15) is 25.3 Å². The first-order chi connectivity index (χ1) is 10.9. The van der Waals surface area contributed by atoms with Crippen LogP contribution in [0.5, 0.6) is 0 Å². The molecule has 2 rings (SSSR count). The number of nitrogens with zero attached hydrogens (tertiary/aromatic N) is 2. The summed E-state index contributed by atoms with van der Waals surface area (Å²) >= 11 is 0. The highest BCUT2D eigenvalue weighted by Crippen LogP contribution is 2.16. The van der Waals surface area contributed by atoms with Crippen LogP contribution in [0.3, 0.4) is 0 Å². The van der Waals surface area contributed by atoms with Crippen molar-refractivity contribution in [3.8, 4) is 0 Å². The van der Waals surface area contributed by atoms with Crippen LogP contribution in [-0.2, 0) is 21.5 Å². The minimum Gasteiger partial charge on any atom is -0.351 e. The highest BCUT2D eigenvalue weighted by atomic mass is 32.2. The molecule has 6 nitrogen and oxygen atoms in total. The van der Waals surface area contributed by atoms with E-state index >= 15 is 0 Å². The summed E-state index contributed by atoms with van der Waals surface area (Å²) in [5.74, 6) is -0.715. The minimum atomic E-state index is -3.58. The SMILES string of the molecule is CCN(CC(=O)NCc1ccc(F)cc1)S(=O)(=O)N1CCCC1. The number of nitrogens with one attached hydrogen (secondary N) is 1. The quantitative estimate of drug-likeness (QED) is 0.806. The van der Waals surface area contributed by atoms with Crippen LogP contribution in [0.15, 0.2) is 24.3 Å². The van der Waals surface area contributed by atoms with Crippen molar-refractivity contribution >= 4 is 16.1 Å². The highest BCUT2D eigenvalue weighted by Gasteiger charge is 2.31. The van der Waals surface area contributed by atoms with Gasteiger partial charge in [-0.05, 0) is 30.5 Å². The summed E-state index contributed by atoms with van der Waals surface area (Å²) in [6, 6.07) is 5.79. The number of hydrogen-bond donors (Lipinski definition) is 1. The van der Waals surface area contributed by atoms with Gasteiger partial charge in [0, 0.05) is 26.2 Å². The smallest absolute Gasteiger partial charge is 0.282 e. The van der Waals surface area contributed by atoms with E-state index in [9.17, 15) is 17.6 Å². The number of halogens is 1. The first kappa shape index (κ1) is 17.8. The van der Waals surface area contributed by atoms with Gasteiger partial charge in [-0.15, -0.1) is 0 Å². The summed E-state index contributed by atoms with van der Waals surface area (Å²) in [6.07, 6.45) is 1.71. The lowest BCUT2D eigenvalue weighted by molar-refractivity contribution is -0.121. The number of carbonyl (C=O) groups excluding carboxylic acids is 1. The summed E-state index contributed by atoms with van der Waals surface area (Å²) in [6.45, 7) is 2.99. The zero-order valence-electron chi connectivity index (χ0n) is 13.2. The second-order valence-electron chi connectivity index (χ2n) is 5.44. The fourth-order valence-corrected chi connectivity index (χ4v) is 4.11. The number of carbonyl (C=O) groups is 1. The van der Waals surface area contributed by atoms with Crippen molar-refractivity contribution in [1.29, 1.82) is 0 Å². The molecule has 23 heavy (non-hydrogen) atoms. The predicted molar refractivity (Wildman–Crippen MR) is 85.2 cm³/mol. The Labute approximate surface area is 136 Å². The van der Waals surface area contributed by atoms with Crippen LogP contribution in [0.4, 0.5) is 4.39 Å². The summed E-state index contributed by atoms with van der Waals surface area (Å²) in [7, 11) is -3.58. The van der Waals surface area contributed by atoms with Crippen molar-refractivity contribution in [1.82, 2.24) is 13.9 Å². The molecular weight excluding hydrogens is 321 g/mol. The lowest BCUT2D eigenvalue weighted by Crippen LogP contribution is -2.46. The molecule has 1 amide bonds. The van der Waals surface area contributed by atoms with Crippen molar-refractivity contribution in [2.45, 2.75) is 26.3 Å². The molecule has 0 aromatic heterocycles. The third-order valence-corrected chi connectivity index (χ3v) is 5.85. The monoisotopic (exact) mass is 343 g/mol. The first-order valence-electron chi connectivity index (χ1n) is 7.70. The maximum atomic E-state index is 12.8. The summed E-state index contributed by atoms with van der Waals surface area (Å²) in [5.41, 5.74) is 0.755. The third kappa shape index (κ3) is 4.73. The molecule has 128 valence electrons. The molecule has 0 saturated carbocycles. The fraction of sp³-hybridized carbons (Fsp3) is 0.533. The Morgan fingerprint density at radius 1 is 1.26 bits per heavy atom. The van der Waals surface area contributed by atoms with E-state index in [-0.39, 0.29) is 31.4 Å². The molecular formula is C15H22FN3O3S. The Morgan fingerprint density at radius 3 is 2.43 bits per heavy atom. The third-order valence-electron chi connectivity index (χ3n) is 3.79. The van der Waals surface area contributed by atoms with Gasteiger partial charge in [0.25, 0.3) is 10.2 Å². The summed E-state index contributed by atoms with van der Waals surface area (Å²) in [5, 5.41) is 2.66. The van der Waals surface area contributed by atoms with E-state index in [0.717, 1.165) is 18.4 Å². The van der Waals surface area contributed by atoms with Gasteiger partial charge in [-0.2, -0.15) is 17.0 Å². The number of hydrogen-bond acceptors (Lipinski definition) is 3. The molecule has 8 heteroatoms. The normalized spacial score (nSPS) is 16.0. The number of rotatable bonds is 7. The lowest BCUT2D eigenvalue weighted by atomic mass is 10.2. The second kappa shape index (κ2) is 7.85. The van der Waals surface area contributed by atoms with Gasteiger partial charge >= 0.3 is 0 Å². The van der Waals surface area contributed by atoms with Gasteiger partial charge in [0.15, 0.2) is 0 Å². The molecule has 1 aliphatic heterocycles. The van der Waals surface area contributed by atoms with Gasteiger partial charge < -0.3 is 5.32 Å². The molecule has 0 spiro atoms. The van der Waals surface area contributed by atoms with Crippen LogP contribution in [0.2, 0.25) is 0 Å². The van der Waals surface area contributed by atoms with E-state index in [2.05, 4.69) is 5.32 Å². The van der Waals surface area contributed by atoms with Crippen LogP contribution in [0, 0.1) is 5.82 Å². The van der Waals surface area contributed by atoms with Crippen LogP contribution < -0.4 is 5.32 Å². The average Bonchev–Trinajstić information content (AvgIpc) is 3.07. The molecule has 0 unspecified atom stereocenters. The van der Waals surface area contributed by atoms with Crippen LogP contribution >= 0.6 is 0 Å². The van der Waals surface area contributed by atoms with Crippen molar-refractivity contribution in [2.24, 2.45) is 0 Å². The van der Waals surface area contributed by atoms with Gasteiger partial charge in [-0.1, -0.05) is 19.1 Å². The van der Waals surface area contributed by atoms with E-state index < -0.39 is 10.2 Å². The van der Waals surface area contributed by atoms with Gasteiger partial charge in [0.05, 0.1) is 6.54 Å². The molecule has 0 atom stereocenters. The van der Waals surface area contributed by atoms with Crippen LogP contribution in [0.25, 0.3) is 0 Å². The van der Waals surface area contributed by atoms with Gasteiger partial charge in [-0.3, -0.25) is 4.79 Å². The van der Waals surface area contributed by atoms with Gasteiger partial charge in [0.1, 0.15) is 5.82 Å². The van der Waals surface area contributed by atoms with Gasteiger partial charge in [0.2, 0.25) is 5.91 Å². The van der Waals surface area contributed by atoms with Crippen molar-refractivity contribution in [2.75, 3.05) is 26.2 Å². The van der Waals surface area contributed by atoms with Crippen molar-refractivity contribution < 1.29 is 17.6 Å². The molecule has 1 saturated heterocycles. The Balaban J connectivity index is 1.90. The maximum absolute atomic E-state index is 12.8. The second-order valence-corrected chi connectivity index (χ2v) is 7.37. The molecule has 1 aliphatic rings. The topological polar surface area (TPSA) is 69.7 Å². The molecule has 1 aromatic carbocycles. The molecule has 1 fully saturated rings. The maximum Gasteiger partial charge on any atom is 0.282 e. The average molecular weight is 343 g/mol. The molecule has 1 heterocycles. The Bertz CT molecular complexity index is 628. The molecule has 0 radical (unpaired) electrons. The van der Waals surface area contributed by atoms with E-state index in [4.69, 9.17) is 0 Å². The number of likely N-dealkylation sites (N-methyl/N-ethyl adjacent to an activating group) is 1. The number of benzene rings is 1. The Kier molecular flexibility index (Phi) is 6.09. The van der Waals surface area contributed by atoms with E-state index in [0.29, 0.717) is 13.1 Å². The standard InChI is InChI=1S/C15H22FN3O3S/c1-2-18(23(21,22)19-9-3-4-10-19)12-15(20)17-11-13-5-7-14(16)8-6-13/h5-8H,2-4,9-12H2,1H3,(H,17,20).